The largest absolute Gasteiger partial charge is 0.487 e. The number of hydrogen-bond donors (Lipinski definition) is 2. The Kier molecular flexibility index (Phi) is 12.8. The molecule has 2 aliphatic rings. The van der Waals surface area contributed by atoms with Crippen LogP contribution in [0.1, 0.15) is 106 Å². The lowest BCUT2D eigenvalue weighted by Crippen LogP contribution is -2.50. The molecule has 5 rings (SSSR count). The molecule has 2 aromatic carbocycles. The molecule has 3 heterocycles. The number of pyridine rings is 1. The second-order valence-corrected chi connectivity index (χ2v) is 17.9. The van der Waals surface area contributed by atoms with Crippen molar-refractivity contribution in [1.82, 2.24) is 15.6 Å². The molecule has 0 fully saturated rings. The van der Waals surface area contributed by atoms with E-state index in [2.05, 4.69) is 24.5 Å². The number of rotatable bonds is 13. The van der Waals surface area contributed by atoms with Crippen molar-refractivity contribution in [3.63, 3.8) is 0 Å². The number of nitrogens with zero attached hydrogens (tertiary/aromatic N) is 2. The molecule has 13 heteroatoms. The van der Waals surface area contributed by atoms with Crippen LogP contribution in [0.25, 0.3) is 0 Å². The number of ether oxygens (including phenoxy) is 3. The van der Waals surface area contributed by atoms with Gasteiger partial charge in [0.2, 0.25) is 5.91 Å². The standard InChI is InChI=1S/C42H56N4O8S/c1-27-28(2)37(29(3)33-22-23-42(7,8)53-36(27)33)55(50,51)46-24-14-17-31-20-21-32(44-38(31)46)18-12-13-19-35(47)43-25-34(39(48)54-41(4,5)6)45-40(49)52-26-30-15-10-9-11-16-30/h9-11,15-16,20-21,34H,12-14,17-19,22-26H2,1-8H3,(H,43,47)(H,45,49). The van der Waals surface area contributed by atoms with Crippen molar-refractivity contribution < 1.29 is 37.0 Å². The molecule has 3 aromatic rings. The number of benzene rings is 2. The van der Waals surface area contributed by atoms with E-state index in [1.54, 1.807) is 20.8 Å². The lowest BCUT2D eigenvalue weighted by atomic mass is 9.88. The highest BCUT2D eigenvalue weighted by molar-refractivity contribution is 7.93. The van der Waals surface area contributed by atoms with E-state index in [-0.39, 0.29) is 31.1 Å². The molecule has 298 valence electrons. The minimum Gasteiger partial charge on any atom is -0.487 e. The zero-order valence-corrected chi connectivity index (χ0v) is 34.3. The van der Waals surface area contributed by atoms with Gasteiger partial charge in [0.1, 0.15) is 35.4 Å². The fraction of sp³-hybridized carbons (Fsp3) is 0.524. The molecule has 12 nitrogen and oxygen atoms in total. The molecular formula is C42H56N4O8S. The number of amides is 2. The van der Waals surface area contributed by atoms with Crippen LogP contribution in [0.2, 0.25) is 0 Å². The van der Waals surface area contributed by atoms with E-state index in [1.807, 2.05) is 63.2 Å². The Morgan fingerprint density at radius 1 is 0.982 bits per heavy atom. The maximum atomic E-state index is 14.5. The van der Waals surface area contributed by atoms with E-state index in [0.29, 0.717) is 48.5 Å². The van der Waals surface area contributed by atoms with Gasteiger partial charge in [-0.1, -0.05) is 36.4 Å². The van der Waals surface area contributed by atoms with Crippen LogP contribution in [0.4, 0.5) is 10.6 Å². The van der Waals surface area contributed by atoms with Crippen molar-refractivity contribution in [2.45, 2.75) is 136 Å². The summed E-state index contributed by atoms with van der Waals surface area (Å²) in [6.07, 6.45) is 4.07. The van der Waals surface area contributed by atoms with Crippen molar-refractivity contribution in [1.29, 1.82) is 0 Å². The lowest BCUT2D eigenvalue weighted by Gasteiger charge is -2.36. The van der Waals surface area contributed by atoms with Gasteiger partial charge in [0, 0.05) is 25.2 Å². The summed E-state index contributed by atoms with van der Waals surface area (Å²) in [5, 5.41) is 5.25. The summed E-state index contributed by atoms with van der Waals surface area (Å²) < 4.78 is 47.6. The first-order valence-corrected chi connectivity index (χ1v) is 20.6. The number of carbonyl (C=O) groups is 3. The molecular weight excluding hydrogens is 721 g/mol. The van der Waals surface area contributed by atoms with Gasteiger partial charge in [0.15, 0.2) is 0 Å². The third-order valence-corrected chi connectivity index (χ3v) is 12.1. The topological polar surface area (TPSA) is 153 Å². The number of esters is 1. The SMILES string of the molecule is Cc1c(C)c(S(=O)(=O)N2CCCc3ccc(CCCCC(=O)NCC(NC(=O)OCc4ccccc4)C(=O)OC(C)(C)C)nc32)c(C)c2c1OC(C)(C)CC2. The minimum atomic E-state index is -3.93. The van der Waals surface area contributed by atoms with Crippen molar-refractivity contribution in [3.05, 3.63) is 81.5 Å². The zero-order chi connectivity index (χ0) is 40.1. The van der Waals surface area contributed by atoms with Gasteiger partial charge < -0.3 is 24.8 Å². The van der Waals surface area contributed by atoms with Crippen LogP contribution in [-0.2, 0) is 55.0 Å². The predicted molar refractivity (Wildman–Crippen MR) is 211 cm³/mol. The Bertz CT molecular complexity index is 2010. The average Bonchev–Trinajstić information content (AvgIpc) is 3.12. The van der Waals surface area contributed by atoms with Crippen LogP contribution in [0, 0.1) is 20.8 Å². The van der Waals surface area contributed by atoms with E-state index in [0.717, 1.165) is 58.5 Å². The number of alkyl carbamates (subject to hydrolysis) is 1. The number of sulfonamides is 1. The molecule has 0 bridgehead atoms. The van der Waals surface area contributed by atoms with Crippen molar-refractivity contribution in [2.75, 3.05) is 17.4 Å². The molecule has 0 saturated heterocycles. The molecule has 1 unspecified atom stereocenters. The predicted octanol–water partition coefficient (Wildman–Crippen LogP) is 6.72. The van der Waals surface area contributed by atoms with Gasteiger partial charge >= 0.3 is 12.1 Å². The fourth-order valence-electron chi connectivity index (χ4n) is 7.03. The maximum Gasteiger partial charge on any atom is 0.408 e. The molecule has 0 saturated carbocycles. The van der Waals surface area contributed by atoms with Gasteiger partial charge in [-0.15, -0.1) is 0 Å². The number of unbranched alkanes of at least 4 members (excludes halogenated alkanes) is 1. The van der Waals surface area contributed by atoms with Crippen LogP contribution >= 0.6 is 0 Å². The van der Waals surface area contributed by atoms with E-state index in [4.69, 9.17) is 19.2 Å². The van der Waals surface area contributed by atoms with Crippen LogP contribution in [0.15, 0.2) is 47.4 Å². The molecule has 0 aliphatic carbocycles. The van der Waals surface area contributed by atoms with E-state index in [1.165, 1.54) is 4.31 Å². The Morgan fingerprint density at radius 3 is 2.42 bits per heavy atom. The number of fused-ring (bicyclic) bond motifs is 2. The maximum absolute atomic E-state index is 14.5. The van der Waals surface area contributed by atoms with Gasteiger partial charge in [-0.2, -0.15) is 0 Å². The highest BCUT2D eigenvalue weighted by atomic mass is 32.2. The Balaban J connectivity index is 1.19. The van der Waals surface area contributed by atoms with Gasteiger partial charge in [-0.3, -0.25) is 4.79 Å². The third kappa shape index (κ3) is 10.4. The Hall–Kier alpha value is -4.65. The molecule has 1 aromatic heterocycles. The van der Waals surface area contributed by atoms with Gasteiger partial charge in [0.05, 0.1) is 4.90 Å². The smallest absolute Gasteiger partial charge is 0.408 e. The van der Waals surface area contributed by atoms with Crippen molar-refractivity contribution >= 4 is 33.8 Å². The summed E-state index contributed by atoms with van der Waals surface area (Å²) >= 11 is 0. The van der Waals surface area contributed by atoms with Gasteiger partial charge in [-0.05, 0) is 140 Å². The fourth-order valence-corrected chi connectivity index (χ4v) is 9.06. The number of aryl methyl sites for hydroxylation is 2. The summed E-state index contributed by atoms with van der Waals surface area (Å²) in [5.41, 5.74) is 4.58. The minimum absolute atomic E-state index is 0.0230. The first-order chi connectivity index (χ1) is 25.9. The summed E-state index contributed by atoms with van der Waals surface area (Å²) in [6.45, 7) is 15.2. The molecule has 2 aliphatic heterocycles. The van der Waals surface area contributed by atoms with Crippen LogP contribution < -0.4 is 19.7 Å². The number of carbonyl (C=O) groups excluding carboxylic acids is 3. The highest BCUT2D eigenvalue weighted by Crippen LogP contribution is 2.43. The molecule has 0 spiro atoms. The molecule has 0 radical (unpaired) electrons. The van der Waals surface area contributed by atoms with Crippen LogP contribution in [-0.4, -0.2) is 61.7 Å². The number of hydrogen-bond acceptors (Lipinski definition) is 9. The van der Waals surface area contributed by atoms with Crippen LogP contribution in [0.3, 0.4) is 0 Å². The summed E-state index contributed by atoms with van der Waals surface area (Å²) in [7, 11) is -3.93. The zero-order valence-electron chi connectivity index (χ0n) is 33.5. The quantitative estimate of drug-likeness (QED) is 0.142. The average molecular weight is 777 g/mol. The van der Waals surface area contributed by atoms with Crippen LogP contribution in [0.5, 0.6) is 5.75 Å². The summed E-state index contributed by atoms with van der Waals surface area (Å²) in [5.74, 6) is 0.293. The van der Waals surface area contributed by atoms with Gasteiger partial charge in [-0.25, -0.2) is 27.3 Å². The second kappa shape index (κ2) is 17.0. The van der Waals surface area contributed by atoms with Crippen molar-refractivity contribution in [2.24, 2.45) is 0 Å². The number of nitrogens with one attached hydrogen (secondary N) is 2. The Morgan fingerprint density at radius 2 is 1.71 bits per heavy atom. The number of aromatic nitrogens is 1. The highest BCUT2D eigenvalue weighted by Gasteiger charge is 2.37. The second-order valence-electron chi connectivity index (χ2n) is 16.1. The van der Waals surface area contributed by atoms with Crippen molar-refractivity contribution in [3.8, 4) is 5.75 Å². The molecule has 2 N–H and O–H groups in total. The molecule has 55 heavy (non-hydrogen) atoms. The van der Waals surface area contributed by atoms with E-state index >= 15 is 0 Å². The lowest BCUT2D eigenvalue weighted by molar-refractivity contribution is -0.157. The third-order valence-electron chi connectivity index (χ3n) is 10.1. The summed E-state index contributed by atoms with van der Waals surface area (Å²) in [4.78, 5) is 43.5. The van der Waals surface area contributed by atoms with E-state index in [9.17, 15) is 22.8 Å². The summed E-state index contributed by atoms with van der Waals surface area (Å²) in [6, 6.07) is 11.9. The molecule has 1 atom stereocenters. The van der Waals surface area contributed by atoms with Gasteiger partial charge in [0.25, 0.3) is 10.0 Å². The monoisotopic (exact) mass is 776 g/mol. The number of anilines is 1. The Labute approximate surface area is 325 Å². The molecule has 2 amide bonds. The van der Waals surface area contributed by atoms with E-state index < -0.39 is 33.7 Å². The normalized spacial score (nSPS) is 15.5. The first kappa shape index (κ1) is 41.5. The first-order valence-electron chi connectivity index (χ1n) is 19.2.